The predicted octanol–water partition coefficient (Wildman–Crippen LogP) is 2.23. The maximum Gasteiger partial charge on any atom is 0.408 e. The van der Waals surface area contributed by atoms with Gasteiger partial charge in [0, 0.05) is 0 Å². The Balaban J connectivity index is 2.41. The van der Waals surface area contributed by atoms with Crippen LogP contribution in [0.4, 0.5) is 4.79 Å². The summed E-state index contributed by atoms with van der Waals surface area (Å²) in [5.74, 6) is 2.58. The van der Waals surface area contributed by atoms with Crippen molar-refractivity contribution in [3.63, 3.8) is 0 Å². The minimum atomic E-state index is -0.457. The van der Waals surface area contributed by atoms with Crippen LogP contribution < -0.4 is 5.32 Å². The number of amides is 1. The van der Waals surface area contributed by atoms with Crippen LogP contribution >= 0.6 is 0 Å². The van der Waals surface area contributed by atoms with E-state index in [-0.39, 0.29) is 12.1 Å². The Morgan fingerprint density at radius 3 is 2.80 bits per heavy atom. The smallest absolute Gasteiger partial charge is 0.408 e. The van der Waals surface area contributed by atoms with Crippen molar-refractivity contribution >= 4 is 6.09 Å². The van der Waals surface area contributed by atoms with Crippen molar-refractivity contribution < 1.29 is 9.53 Å². The van der Waals surface area contributed by atoms with Gasteiger partial charge in [0.05, 0.1) is 6.04 Å². The second-order valence-electron chi connectivity index (χ2n) is 4.63. The zero-order valence-electron chi connectivity index (χ0n) is 9.46. The van der Waals surface area contributed by atoms with Crippen LogP contribution in [0.25, 0.3) is 0 Å². The number of carbonyl (C=O) groups is 1. The van der Waals surface area contributed by atoms with E-state index in [2.05, 4.69) is 11.2 Å². The normalized spacial score (nSPS) is 20.4. The lowest BCUT2D eigenvalue weighted by atomic mass is 10.2. The third kappa shape index (κ3) is 4.07. The number of rotatable bonds is 1. The second-order valence-corrected chi connectivity index (χ2v) is 4.63. The van der Waals surface area contributed by atoms with Gasteiger partial charge in [0.1, 0.15) is 5.60 Å². The first-order chi connectivity index (χ1) is 6.90. The van der Waals surface area contributed by atoms with E-state index in [1.165, 1.54) is 0 Å². The Labute approximate surface area is 90.9 Å². The minimum absolute atomic E-state index is 0.0194. The van der Waals surface area contributed by atoms with Crippen LogP contribution in [-0.2, 0) is 4.74 Å². The molecule has 82 valence electrons. The Morgan fingerprint density at radius 2 is 2.33 bits per heavy atom. The molecular formula is C12H17NO2. The van der Waals surface area contributed by atoms with E-state index >= 15 is 0 Å². The first kappa shape index (κ1) is 11.6. The van der Waals surface area contributed by atoms with Gasteiger partial charge in [-0.3, -0.25) is 0 Å². The summed E-state index contributed by atoms with van der Waals surface area (Å²) in [4.78, 5) is 11.4. The number of hydrogen-bond donors (Lipinski definition) is 1. The summed E-state index contributed by atoms with van der Waals surface area (Å²) < 4.78 is 5.14. The monoisotopic (exact) mass is 207 g/mol. The minimum Gasteiger partial charge on any atom is -0.444 e. The fourth-order valence-corrected chi connectivity index (χ4v) is 1.41. The van der Waals surface area contributed by atoms with Crippen LogP contribution in [0.15, 0.2) is 11.6 Å². The molecule has 1 N–H and O–H groups in total. The zero-order chi connectivity index (χ0) is 11.5. The van der Waals surface area contributed by atoms with Crippen molar-refractivity contribution in [2.75, 3.05) is 0 Å². The van der Waals surface area contributed by atoms with Gasteiger partial charge in [-0.25, -0.2) is 4.79 Å². The molecule has 15 heavy (non-hydrogen) atoms. The highest BCUT2D eigenvalue weighted by Gasteiger charge is 2.21. The van der Waals surface area contributed by atoms with Crippen LogP contribution in [0.3, 0.4) is 0 Å². The van der Waals surface area contributed by atoms with Gasteiger partial charge in [-0.2, -0.15) is 0 Å². The largest absolute Gasteiger partial charge is 0.444 e. The van der Waals surface area contributed by atoms with Gasteiger partial charge in [-0.1, -0.05) is 12.0 Å². The number of terminal acetylenes is 1. The first-order valence-electron chi connectivity index (χ1n) is 5.07. The number of allylic oxidation sites excluding steroid dienone is 1. The summed E-state index contributed by atoms with van der Waals surface area (Å²) in [5, 5.41) is 2.77. The van der Waals surface area contributed by atoms with Crippen LogP contribution in [-0.4, -0.2) is 17.7 Å². The molecule has 0 fully saturated rings. The highest BCUT2D eigenvalue weighted by Crippen LogP contribution is 2.18. The first-order valence-corrected chi connectivity index (χ1v) is 5.07. The summed E-state index contributed by atoms with van der Waals surface area (Å²) in [6, 6.07) is 0.0194. The molecule has 3 heteroatoms. The maximum atomic E-state index is 11.4. The molecule has 1 atom stereocenters. The molecule has 0 radical (unpaired) electrons. The van der Waals surface area contributed by atoms with Gasteiger partial charge >= 0.3 is 6.09 Å². The van der Waals surface area contributed by atoms with Crippen molar-refractivity contribution in [3.8, 4) is 12.3 Å². The highest BCUT2D eigenvalue weighted by molar-refractivity contribution is 5.68. The molecule has 1 aliphatic rings. The van der Waals surface area contributed by atoms with Crippen LogP contribution in [0.1, 0.15) is 33.6 Å². The van der Waals surface area contributed by atoms with E-state index in [1.54, 1.807) is 0 Å². The lowest BCUT2D eigenvalue weighted by molar-refractivity contribution is 0.0514. The molecular weight excluding hydrogens is 190 g/mol. The van der Waals surface area contributed by atoms with Gasteiger partial charge in [0.25, 0.3) is 0 Å². The molecule has 0 saturated carbocycles. The van der Waals surface area contributed by atoms with Crippen molar-refractivity contribution in [2.24, 2.45) is 0 Å². The molecule has 0 saturated heterocycles. The van der Waals surface area contributed by atoms with Crippen LogP contribution in [0.2, 0.25) is 0 Å². The number of carbonyl (C=O) groups excluding carboxylic acids is 1. The Kier molecular flexibility index (Phi) is 3.41. The predicted molar refractivity (Wildman–Crippen MR) is 59.3 cm³/mol. The standard InChI is InChI=1S/C12H17NO2/c1-5-9-6-7-10(8-9)13-11(14)15-12(2,3)4/h1,8,10H,6-7H2,2-4H3,(H,13,14). The number of ether oxygens (including phenoxy) is 1. The Morgan fingerprint density at radius 1 is 1.67 bits per heavy atom. The average Bonchev–Trinajstić information content (AvgIpc) is 2.48. The Hall–Kier alpha value is -1.43. The molecule has 0 aromatic heterocycles. The molecule has 1 rings (SSSR count). The van der Waals surface area contributed by atoms with Gasteiger partial charge < -0.3 is 10.1 Å². The van der Waals surface area contributed by atoms with Gasteiger partial charge in [-0.15, -0.1) is 6.42 Å². The van der Waals surface area contributed by atoms with Gasteiger partial charge in [0.15, 0.2) is 0 Å². The quantitative estimate of drug-likeness (QED) is 0.670. The van der Waals surface area contributed by atoms with Gasteiger partial charge in [0.2, 0.25) is 0 Å². The molecule has 1 amide bonds. The van der Waals surface area contributed by atoms with E-state index in [0.717, 1.165) is 18.4 Å². The molecule has 3 nitrogen and oxygen atoms in total. The van der Waals surface area contributed by atoms with E-state index < -0.39 is 5.60 Å². The number of hydrogen-bond acceptors (Lipinski definition) is 2. The summed E-state index contributed by atoms with van der Waals surface area (Å²) in [6.07, 6.45) is 8.50. The number of alkyl carbamates (subject to hydrolysis) is 1. The second kappa shape index (κ2) is 4.39. The van der Waals surface area contributed by atoms with E-state index in [0.29, 0.717) is 0 Å². The third-order valence-corrected chi connectivity index (χ3v) is 2.01. The summed E-state index contributed by atoms with van der Waals surface area (Å²) in [5.41, 5.74) is 0.498. The van der Waals surface area contributed by atoms with Crippen molar-refractivity contribution in [3.05, 3.63) is 11.6 Å². The fraction of sp³-hybridized carbons (Fsp3) is 0.583. The highest BCUT2D eigenvalue weighted by atomic mass is 16.6. The number of nitrogens with one attached hydrogen (secondary N) is 1. The van der Waals surface area contributed by atoms with E-state index in [1.807, 2.05) is 26.8 Å². The summed E-state index contributed by atoms with van der Waals surface area (Å²) >= 11 is 0. The molecule has 0 bridgehead atoms. The molecule has 1 aliphatic carbocycles. The van der Waals surface area contributed by atoms with Crippen LogP contribution in [0, 0.1) is 12.3 Å². The topological polar surface area (TPSA) is 38.3 Å². The molecule has 0 aromatic rings. The Bertz CT molecular complexity index is 317. The lowest BCUT2D eigenvalue weighted by Gasteiger charge is -2.21. The molecule has 0 aliphatic heterocycles. The summed E-state index contributed by atoms with van der Waals surface area (Å²) in [6.45, 7) is 5.51. The van der Waals surface area contributed by atoms with Crippen molar-refractivity contribution in [1.82, 2.24) is 5.32 Å². The third-order valence-electron chi connectivity index (χ3n) is 2.01. The zero-order valence-corrected chi connectivity index (χ0v) is 9.46. The summed E-state index contributed by atoms with van der Waals surface area (Å²) in [7, 11) is 0. The fourth-order valence-electron chi connectivity index (χ4n) is 1.41. The van der Waals surface area contributed by atoms with E-state index in [4.69, 9.17) is 11.2 Å². The van der Waals surface area contributed by atoms with Gasteiger partial charge in [-0.05, 0) is 39.2 Å². The van der Waals surface area contributed by atoms with Crippen LogP contribution in [0.5, 0.6) is 0 Å². The average molecular weight is 207 g/mol. The molecule has 0 spiro atoms. The molecule has 0 aromatic carbocycles. The SMILES string of the molecule is C#CC1=CC(NC(=O)OC(C)(C)C)CC1. The van der Waals surface area contributed by atoms with Crippen molar-refractivity contribution in [1.29, 1.82) is 0 Å². The maximum absolute atomic E-state index is 11.4. The van der Waals surface area contributed by atoms with E-state index in [9.17, 15) is 4.79 Å². The lowest BCUT2D eigenvalue weighted by Crippen LogP contribution is -2.37. The molecule has 0 heterocycles. The molecule has 1 unspecified atom stereocenters. The van der Waals surface area contributed by atoms with Crippen molar-refractivity contribution in [2.45, 2.75) is 45.3 Å².